The zero-order valence-electron chi connectivity index (χ0n) is 11.1. The van der Waals surface area contributed by atoms with Crippen LogP contribution in [0.3, 0.4) is 0 Å². The van der Waals surface area contributed by atoms with Gasteiger partial charge in [-0.25, -0.2) is 9.18 Å². The first kappa shape index (κ1) is 15.8. The fourth-order valence-electron chi connectivity index (χ4n) is 1.75. The Labute approximate surface area is 135 Å². The van der Waals surface area contributed by atoms with Gasteiger partial charge in [0.2, 0.25) is 0 Å². The smallest absolute Gasteiger partial charge is 0.337 e. The van der Waals surface area contributed by atoms with Gasteiger partial charge in [-0.3, -0.25) is 0 Å². The molecule has 3 nitrogen and oxygen atoms in total. The lowest BCUT2D eigenvalue weighted by Gasteiger charge is -2.10. The number of ether oxygens (including phenoxy) is 1. The fraction of sp³-hybridized carbons (Fsp3) is 0.133. The van der Waals surface area contributed by atoms with Crippen molar-refractivity contribution in [2.24, 2.45) is 0 Å². The van der Waals surface area contributed by atoms with Crippen LogP contribution in [-0.4, -0.2) is 13.1 Å². The van der Waals surface area contributed by atoms with E-state index >= 15 is 0 Å². The summed E-state index contributed by atoms with van der Waals surface area (Å²) in [6.07, 6.45) is 0. The van der Waals surface area contributed by atoms with Crippen LogP contribution in [0.5, 0.6) is 0 Å². The Bertz CT molecular complexity index is 679. The number of methoxy groups -OCH3 is 1. The maximum atomic E-state index is 13.2. The van der Waals surface area contributed by atoms with Crippen LogP contribution in [0.25, 0.3) is 0 Å². The van der Waals surface area contributed by atoms with E-state index in [9.17, 15) is 9.18 Å². The monoisotopic (exact) mass is 371 g/mol. The van der Waals surface area contributed by atoms with E-state index < -0.39 is 5.97 Å². The zero-order chi connectivity index (χ0) is 15.4. The first-order chi connectivity index (χ1) is 10.0. The molecule has 21 heavy (non-hydrogen) atoms. The molecule has 1 N–H and O–H groups in total. The molecule has 0 saturated carbocycles. The Kier molecular flexibility index (Phi) is 5.20. The lowest BCUT2D eigenvalue weighted by Crippen LogP contribution is -2.04. The van der Waals surface area contributed by atoms with Gasteiger partial charge in [-0.1, -0.05) is 17.7 Å². The molecule has 0 aliphatic rings. The Balaban J connectivity index is 2.15. The summed E-state index contributed by atoms with van der Waals surface area (Å²) in [5, 5.41) is 3.60. The van der Waals surface area contributed by atoms with Gasteiger partial charge in [-0.05, 0) is 51.8 Å². The molecular weight excluding hydrogens is 361 g/mol. The fourth-order valence-corrected chi connectivity index (χ4v) is 2.36. The predicted molar refractivity (Wildman–Crippen MR) is 84.2 cm³/mol. The van der Waals surface area contributed by atoms with Crippen LogP contribution in [-0.2, 0) is 11.3 Å². The van der Waals surface area contributed by atoms with E-state index in [0.29, 0.717) is 27.3 Å². The van der Waals surface area contributed by atoms with Crippen molar-refractivity contribution in [3.05, 3.63) is 62.8 Å². The number of benzene rings is 2. The predicted octanol–water partition coefficient (Wildman–Crippen LogP) is 4.64. The average Bonchev–Trinajstić information content (AvgIpc) is 2.49. The molecule has 6 heteroatoms. The van der Waals surface area contributed by atoms with Gasteiger partial charge in [-0.15, -0.1) is 0 Å². The Morgan fingerprint density at radius 3 is 2.76 bits per heavy atom. The molecule has 0 bridgehead atoms. The second-order valence-corrected chi connectivity index (χ2v) is 5.55. The molecule has 0 saturated heterocycles. The summed E-state index contributed by atoms with van der Waals surface area (Å²) in [5.74, 6) is -0.747. The number of halogens is 3. The lowest BCUT2D eigenvalue weighted by molar-refractivity contribution is 0.0601. The van der Waals surface area contributed by atoms with Gasteiger partial charge < -0.3 is 10.1 Å². The highest BCUT2D eigenvalue weighted by Crippen LogP contribution is 2.25. The van der Waals surface area contributed by atoms with Crippen molar-refractivity contribution in [2.45, 2.75) is 6.54 Å². The molecule has 2 rings (SSSR count). The molecule has 110 valence electrons. The van der Waals surface area contributed by atoms with Crippen LogP contribution in [0.2, 0.25) is 5.02 Å². The van der Waals surface area contributed by atoms with E-state index in [2.05, 4.69) is 26.0 Å². The molecule has 0 aliphatic heterocycles. The van der Waals surface area contributed by atoms with E-state index in [1.165, 1.54) is 13.2 Å². The standard InChI is InChI=1S/C15H12BrClFNO2/c1-21-15(20)10-3-4-12(17)14(7-10)19-8-9-2-5-13(18)11(16)6-9/h2-7,19H,8H2,1H3. The van der Waals surface area contributed by atoms with Crippen molar-refractivity contribution in [1.29, 1.82) is 0 Å². The normalized spacial score (nSPS) is 10.3. The summed E-state index contributed by atoms with van der Waals surface area (Å²) in [6.45, 7) is 0.448. The van der Waals surface area contributed by atoms with E-state index in [1.807, 2.05) is 0 Å². The molecule has 0 heterocycles. The summed E-state index contributed by atoms with van der Waals surface area (Å²) >= 11 is 9.22. The van der Waals surface area contributed by atoms with Crippen LogP contribution >= 0.6 is 27.5 Å². The number of carbonyl (C=O) groups is 1. The highest BCUT2D eigenvalue weighted by Gasteiger charge is 2.09. The molecule has 2 aromatic rings. The maximum absolute atomic E-state index is 13.2. The highest BCUT2D eigenvalue weighted by molar-refractivity contribution is 9.10. The molecule has 0 fully saturated rings. The van der Waals surface area contributed by atoms with Crippen LogP contribution in [0.15, 0.2) is 40.9 Å². The molecule has 0 atom stereocenters. The van der Waals surface area contributed by atoms with Crippen molar-refractivity contribution < 1.29 is 13.9 Å². The van der Waals surface area contributed by atoms with Crippen molar-refractivity contribution in [3.8, 4) is 0 Å². The number of esters is 1. The largest absolute Gasteiger partial charge is 0.465 e. The van der Waals surface area contributed by atoms with E-state index in [1.54, 1.807) is 30.3 Å². The van der Waals surface area contributed by atoms with Gasteiger partial charge in [0.25, 0.3) is 0 Å². The summed E-state index contributed by atoms with van der Waals surface area (Å²) in [4.78, 5) is 11.5. The Hall–Kier alpha value is -1.59. The van der Waals surface area contributed by atoms with E-state index in [-0.39, 0.29) is 5.82 Å². The zero-order valence-corrected chi connectivity index (χ0v) is 13.5. The third-order valence-electron chi connectivity index (χ3n) is 2.85. The lowest BCUT2D eigenvalue weighted by atomic mass is 10.2. The van der Waals surface area contributed by atoms with Gasteiger partial charge in [0, 0.05) is 6.54 Å². The molecule has 0 aromatic heterocycles. The second kappa shape index (κ2) is 6.91. The van der Waals surface area contributed by atoms with Crippen molar-refractivity contribution in [1.82, 2.24) is 0 Å². The summed E-state index contributed by atoms with van der Waals surface area (Å²) in [6, 6.07) is 9.57. The van der Waals surface area contributed by atoms with E-state index in [4.69, 9.17) is 11.6 Å². The number of nitrogens with one attached hydrogen (secondary N) is 1. The molecular formula is C15H12BrClFNO2. The van der Waals surface area contributed by atoms with Crippen molar-refractivity contribution in [3.63, 3.8) is 0 Å². The third kappa shape index (κ3) is 3.95. The van der Waals surface area contributed by atoms with Crippen LogP contribution < -0.4 is 5.32 Å². The molecule has 0 radical (unpaired) electrons. The maximum Gasteiger partial charge on any atom is 0.337 e. The van der Waals surface area contributed by atoms with Crippen molar-refractivity contribution in [2.75, 3.05) is 12.4 Å². The molecule has 2 aromatic carbocycles. The molecule has 0 aliphatic carbocycles. The van der Waals surface area contributed by atoms with Crippen LogP contribution in [0.1, 0.15) is 15.9 Å². The van der Waals surface area contributed by atoms with Crippen LogP contribution in [0.4, 0.5) is 10.1 Å². The summed E-state index contributed by atoms with van der Waals surface area (Å²) < 4.78 is 18.2. The minimum atomic E-state index is -0.431. The van der Waals surface area contributed by atoms with Crippen LogP contribution in [0, 0.1) is 5.82 Å². The van der Waals surface area contributed by atoms with Gasteiger partial charge in [0.05, 0.1) is 27.9 Å². The molecule has 0 amide bonds. The average molecular weight is 373 g/mol. The number of carbonyl (C=O) groups excluding carboxylic acids is 1. The molecule has 0 spiro atoms. The van der Waals surface area contributed by atoms with E-state index in [0.717, 1.165) is 5.56 Å². The summed E-state index contributed by atoms with van der Waals surface area (Å²) in [5.41, 5.74) is 1.90. The van der Waals surface area contributed by atoms with Gasteiger partial charge in [0.1, 0.15) is 5.82 Å². The minimum absolute atomic E-state index is 0.315. The van der Waals surface area contributed by atoms with Gasteiger partial charge in [0.15, 0.2) is 0 Å². The second-order valence-electron chi connectivity index (χ2n) is 4.29. The topological polar surface area (TPSA) is 38.3 Å². The number of hydrogen-bond acceptors (Lipinski definition) is 3. The number of hydrogen-bond donors (Lipinski definition) is 1. The highest BCUT2D eigenvalue weighted by atomic mass is 79.9. The summed E-state index contributed by atoms with van der Waals surface area (Å²) in [7, 11) is 1.32. The van der Waals surface area contributed by atoms with Gasteiger partial charge in [-0.2, -0.15) is 0 Å². The number of anilines is 1. The van der Waals surface area contributed by atoms with Gasteiger partial charge >= 0.3 is 5.97 Å². The minimum Gasteiger partial charge on any atom is -0.465 e. The molecule has 0 unspecified atom stereocenters. The Morgan fingerprint density at radius 1 is 1.33 bits per heavy atom. The Morgan fingerprint density at radius 2 is 2.10 bits per heavy atom. The van der Waals surface area contributed by atoms with Crippen molar-refractivity contribution >= 4 is 39.2 Å². The number of rotatable bonds is 4. The third-order valence-corrected chi connectivity index (χ3v) is 3.79. The SMILES string of the molecule is COC(=O)c1ccc(Cl)c(NCc2ccc(F)c(Br)c2)c1. The first-order valence-corrected chi connectivity index (χ1v) is 7.24. The first-order valence-electron chi connectivity index (χ1n) is 6.07. The quantitative estimate of drug-likeness (QED) is 0.795.